The van der Waals surface area contributed by atoms with Gasteiger partial charge in [-0.2, -0.15) is 0 Å². The van der Waals surface area contributed by atoms with Gasteiger partial charge in [-0.1, -0.05) is 24.3 Å². The molecule has 0 aromatic heterocycles. The molecule has 4 aliphatic carbocycles. The summed E-state index contributed by atoms with van der Waals surface area (Å²) >= 11 is 0. The molecule has 4 nitrogen and oxygen atoms in total. The summed E-state index contributed by atoms with van der Waals surface area (Å²) in [6.45, 7) is 3.07. The van der Waals surface area contributed by atoms with Crippen molar-refractivity contribution in [1.29, 1.82) is 0 Å². The lowest BCUT2D eigenvalue weighted by Crippen LogP contribution is -2.52. The smallest absolute Gasteiger partial charge is 0.312 e. The molecule has 0 N–H and O–H groups in total. The molecule has 1 aromatic carbocycles. The average Bonchev–Trinajstić information content (AvgIpc) is 2.66. The molecular formula is C23H29NO3. The number of hydrogen-bond donors (Lipinski definition) is 0. The van der Waals surface area contributed by atoms with Crippen LogP contribution in [-0.2, 0) is 27.3 Å². The Labute approximate surface area is 161 Å². The molecule has 1 amide bonds. The average molecular weight is 367 g/mol. The first-order valence-electron chi connectivity index (χ1n) is 10.6. The number of carbonyl (C=O) groups excluding carboxylic acids is 2. The van der Waals surface area contributed by atoms with E-state index in [4.69, 9.17) is 4.74 Å². The van der Waals surface area contributed by atoms with Gasteiger partial charge in [0.05, 0.1) is 5.41 Å². The summed E-state index contributed by atoms with van der Waals surface area (Å²) in [5, 5.41) is 0. The lowest BCUT2D eigenvalue weighted by molar-refractivity contribution is -0.180. The molecule has 27 heavy (non-hydrogen) atoms. The van der Waals surface area contributed by atoms with Crippen molar-refractivity contribution < 1.29 is 14.3 Å². The minimum Gasteiger partial charge on any atom is -0.452 e. The summed E-state index contributed by atoms with van der Waals surface area (Å²) in [6, 6.07) is 8.28. The van der Waals surface area contributed by atoms with Crippen LogP contribution in [0.3, 0.4) is 0 Å². The highest BCUT2D eigenvalue weighted by Crippen LogP contribution is 2.60. The molecule has 4 fully saturated rings. The summed E-state index contributed by atoms with van der Waals surface area (Å²) < 4.78 is 5.81. The highest BCUT2D eigenvalue weighted by atomic mass is 16.5. The lowest BCUT2D eigenvalue weighted by atomic mass is 9.49. The normalized spacial score (nSPS) is 34.9. The summed E-state index contributed by atoms with van der Waals surface area (Å²) in [7, 11) is 0. The van der Waals surface area contributed by atoms with E-state index in [1.807, 2.05) is 17.0 Å². The van der Waals surface area contributed by atoms with E-state index in [1.54, 1.807) is 6.92 Å². The molecule has 1 aliphatic heterocycles. The number of fused-ring (bicyclic) bond motifs is 1. The van der Waals surface area contributed by atoms with E-state index in [-0.39, 0.29) is 17.3 Å². The van der Waals surface area contributed by atoms with Crippen LogP contribution in [0.25, 0.3) is 0 Å². The minimum absolute atomic E-state index is 0.0532. The van der Waals surface area contributed by atoms with E-state index in [0.717, 1.165) is 25.7 Å². The van der Waals surface area contributed by atoms with Crippen molar-refractivity contribution in [2.45, 2.75) is 64.5 Å². The van der Waals surface area contributed by atoms with E-state index in [9.17, 15) is 9.59 Å². The van der Waals surface area contributed by atoms with Gasteiger partial charge in [0.2, 0.25) is 0 Å². The Hall–Kier alpha value is -1.84. The Morgan fingerprint density at radius 1 is 1.04 bits per heavy atom. The Balaban J connectivity index is 1.25. The molecule has 4 saturated carbocycles. The predicted octanol–water partition coefficient (Wildman–Crippen LogP) is 3.72. The molecule has 4 heteroatoms. The molecule has 5 aliphatic rings. The molecule has 0 saturated heterocycles. The van der Waals surface area contributed by atoms with Crippen LogP contribution >= 0.6 is 0 Å². The van der Waals surface area contributed by atoms with Gasteiger partial charge in [0, 0.05) is 13.1 Å². The maximum Gasteiger partial charge on any atom is 0.312 e. The lowest BCUT2D eigenvalue weighted by Gasteiger charge is -2.55. The quantitative estimate of drug-likeness (QED) is 0.765. The second-order valence-electron chi connectivity index (χ2n) is 9.52. The van der Waals surface area contributed by atoms with Crippen molar-refractivity contribution in [3.63, 3.8) is 0 Å². The second-order valence-corrected chi connectivity index (χ2v) is 9.52. The van der Waals surface area contributed by atoms with E-state index in [0.29, 0.717) is 30.8 Å². The molecule has 1 heterocycles. The first-order chi connectivity index (χ1) is 13.0. The third kappa shape index (κ3) is 2.97. The van der Waals surface area contributed by atoms with Crippen molar-refractivity contribution in [2.24, 2.45) is 23.2 Å². The van der Waals surface area contributed by atoms with Gasteiger partial charge < -0.3 is 9.64 Å². The summed E-state index contributed by atoms with van der Waals surface area (Å²) in [5.41, 5.74) is 2.23. The monoisotopic (exact) mass is 367 g/mol. The van der Waals surface area contributed by atoms with Crippen molar-refractivity contribution in [3.8, 4) is 0 Å². The van der Waals surface area contributed by atoms with Gasteiger partial charge in [0.25, 0.3) is 5.91 Å². The third-order valence-corrected chi connectivity index (χ3v) is 7.55. The van der Waals surface area contributed by atoms with Crippen molar-refractivity contribution in [2.75, 3.05) is 6.54 Å². The molecule has 0 radical (unpaired) electrons. The van der Waals surface area contributed by atoms with E-state index < -0.39 is 6.10 Å². The molecule has 1 atom stereocenters. The highest BCUT2D eigenvalue weighted by molar-refractivity contribution is 5.85. The van der Waals surface area contributed by atoms with Crippen molar-refractivity contribution in [1.82, 2.24) is 4.90 Å². The summed E-state index contributed by atoms with van der Waals surface area (Å²) in [6.07, 6.45) is 7.03. The Bertz CT molecular complexity index is 735. The largest absolute Gasteiger partial charge is 0.452 e. The molecule has 144 valence electrons. The number of carbonyl (C=O) groups is 2. The van der Waals surface area contributed by atoms with Gasteiger partial charge in [-0.05, 0) is 80.8 Å². The standard InChI is InChI=1S/C23H29NO3/c1-15(21(25)24-7-6-19-4-2-3-5-20(19)14-24)27-22(26)23-11-16-8-17(12-23)10-18(9-16)13-23/h2-5,15-18H,6-14H2,1H3/t15-,16?,17?,18?,23?/m1/s1. The van der Waals surface area contributed by atoms with Crippen LogP contribution in [0.2, 0.25) is 0 Å². The van der Waals surface area contributed by atoms with Crippen LogP contribution in [0.5, 0.6) is 0 Å². The number of nitrogens with zero attached hydrogens (tertiary/aromatic N) is 1. The summed E-state index contributed by atoms with van der Waals surface area (Å²) in [4.78, 5) is 27.9. The molecule has 0 spiro atoms. The van der Waals surface area contributed by atoms with Gasteiger partial charge in [-0.3, -0.25) is 9.59 Å². The number of esters is 1. The molecule has 0 unspecified atom stereocenters. The third-order valence-electron chi connectivity index (χ3n) is 7.55. The zero-order valence-electron chi connectivity index (χ0n) is 16.2. The number of ether oxygens (including phenoxy) is 1. The van der Waals surface area contributed by atoms with Gasteiger partial charge in [-0.15, -0.1) is 0 Å². The highest BCUT2D eigenvalue weighted by Gasteiger charge is 2.56. The molecular weight excluding hydrogens is 338 g/mol. The van der Waals surface area contributed by atoms with E-state index >= 15 is 0 Å². The zero-order valence-corrected chi connectivity index (χ0v) is 16.2. The second kappa shape index (κ2) is 6.35. The predicted molar refractivity (Wildman–Crippen MR) is 102 cm³/mol. The van der Waals surface area contributed by atoms with Gasteiger partial charge in [0.15, 0.2) is 6.10 Å². The van der Waals surface area contributed by atoms with Crippen LogP contribution in [0.4, 0.5) is 0 Å². The summed E-state index contributed by atoms with van der Waals surface area (Å²) in [5.74, 6) is 1.96. The number of benzene rings is 1. The van der Waals surface area contributed by atoms with E-state index in [2.05, 4.69) is 12.1 Å². The first-order valence-corrected chi connectivity index (χ1v) is 10.6. The van der Waals surface area contributed by atoms with Gasteiger partial charge in [0.1, 0.15) is 0 Å². The maximum absolute atomic E-state index is 13.1. The van der Waals surface area contributed by atoms with Crippen molar-refractivity contribution in [3.05, 3.63) is 35.4 Å². The van der Waals surface area contributed by atoms with Crippen LogP contribution in [0.15, 0.2) is 24.3 Å². The molecule has 4 bridgehead atoms. The maximum atomic E-state index is 13.1. The van der Waals surface area contributed by atoms with Crippen LogP contribution in [-0.4, -0.2) is 29.4 Å². The van der Waals surface area contributed by atoms with Crippen LogP contribution < -0.4 is 0 Å². The fraction of sp³-hybridized carbons (Fsp3) is 0.652. The fourth-order valence-corrected chi connectivity index (χ4v) is 6.64. The molecule has 6 rings (SSSR count). The fourth-order valence-electron chi connectivity index (χ4n) is 6.64. The minimum atomic E-state index is -0.684. The van der Waals surface area contributed by atoms with Crippen molar-refractivity contribution >= 4 is 11.9 Å². The molecule has 1 aromatic rings. The Morgan fingerprint density at radius 3 is 2.26 bits per heavy atom. The Morgan fingerprint density at radius 2 is 1.63 bits per heavy atom. The number of rotatable bonds is 3. The van der Waals surface area contributed by atoms with E-state index in [1.165, 1.54) is 30.4 Å². The Kier molecular flexibility index (Phi) is 4.06. The number of amides is 1. The topological polar surface area (TPSA) is 46.6 Å². The van der Waals surface area contributed by atoms with Crippen LogP contribution in [0.1, 0.15) is 56.6 Å². The van der Waals surface area contributed by atoms with Gasteiger partial charge in [-0.25, -0.2) is 0 Å². The first kappa shape index (κ1) is 17.3. The number of hydrogen-bond acceptors (Lipinski definition) is 3. The SMILES string of the molecule is C[C@@H](OC(=O)C12CC3CC(CC(C3)C1)C2)C(=O)N1CCc2ccccc2C1. The van der Waals surface area contributed by atoms with Crippen LogP contribution in [0, 0.1) is 23.2 Å². The van der Waals surface area contributed by atoms with Gasteiger partial charge >= 0.3 is 5.97 Å². The zero-order chi connectivity index (χ0) is 18.6.